The monoisotopic (exact) mass is 176 g/mol. The minimum atomic E-state index is 0.698. The van der Waals surface area contributed by atoms with Crippen molar-refractivity contribution in [3.8, 4) is 0 Å². The first-order valence-corrected chi connectivity index (χ1v) is 3.84. The summed E-state index contributed by atoms with van der Waals surface area (Å²) < 4.78 is 0. The van der Waals surface area contributed by atoms with E-state index in [0.717, 1.165) is 11.3 Å². The van der Waals surface area contributed by atoms with Crippen molar-refractivity contribution in [2.75, 3.05) is 12.8 Å². The highest BCUT2D eigenvalue weighted by Crippen LogP contribution is 2.06. The van der Waals surface area contributed by atoms with Gasteiger partial charge in [0.2, 0.25) is 0 Å². The second kappa shape index (κ2) is 4.25. The number of nitrogens with zero attached hydrogens (tertiary/aromatic N) is 2. The van der Waals surface area contributed by atoms with Gasteiger partial charge in [-0.15, -0.1) is 0 Å². The Balaban J connectivity index is 3.06. The van der Waals surface area contributed by atoms with Crippen LogP contribution in [-0.2, 0) is 0 Å². The summed E-state index contributed by atoms with van der Waals surface area (Å²) in [4.78, 5) is 4.02. The molecule has 0 spiro atoms. The molecule has 0 atom stereocenters. The zero-order valence-electron chi connectivity index (χ0n) is 7.44. The molecule has 0 aromatic heterocycles. The van der Waals surface area contributed by atoms with E-state index in [9.17, 15) is 0 Å². The summed E-state index contributed by atoms with van der Waals surface area (Å²) in [6.07, 6.45) is 1.49. The smallest absolute Gasteiger partial charge is 0.0844 e. The average molecular weight is 176 g/mol. The molecule has 0 saturated carbocycles. The lowest BCUT2D eigenvalue weighted by atomic mass is 10.1. The third-order valence-corrected chi connectivity index (χ3v) is 1.62. The van der Waals surface area contributed by atoms with Crippen molar-refractivity contribution in [1.82, 2.24) is 0 Å². The molecule has 0 heterocycles. The molecular formula is C9H12N4. The van der Waals surface area contributed by atoms with Gasteiger partial charge in [0, 0.05) is 18.3 Å². The fourth-order valence-corrected chi connectivity index (χ4v) is 1.03. The minimum absolute atomic E-state index is 0.698. The first-order chi connectivity index (χ1) is 6.27. The third-order valence-electron chi connectivity index (χ3n) is 1.62. The van der Waals surface area contributed by atoms with E-state index in [0.29, 0.717) is 5.69 Å². The zero-order valence-corrected chi connectivity index (χ0v) is 7.44. The Morgan fingerprint density at radius 3 is 2.77 bits per heavy atom. The van der Waals surface area contributed by atoms with E-state index in [1.165, 1.54) is 6.21 Å². The predicted octanol–water partition coefficient (Wildman–Crippen LogP) is 0.632. The van der Waals surface area contributed by atoms with Crippen LogP contribution in [0.4, 0.5) is 5.69 Å². The van der Waals surface area contributed by atoms with Crippen LogP contribution < -0.4 is 11.6 Å². The molecule has 0 aliphatic rings. The van der Waals surface area contributed by atoms with Gasteiger partial charge in [0.15, 0.2) is 0 Å². The highest BCUT2D eigenvalue weighted by molar-refractivity contribution is 6.38. The van der Waals surface area contributed by atoms with Crippen LogP contribution in [0.15, 0.2) is 34.4 Å². The molecule has 1 rings (SSSR count). The summed E-state index contributed by atoms with van der Waals surface area (Å²) >= 11 is 0. The van der Waals surface area contributed by atoms with Crippen molar-refractivity contribution in [2.45, 2.75) is 0 Å². The Morgan fingerprint density at radius 1 is 1.46 bits per heavy atom. The van der Waals surface area contributed by atoms with E-state index in [1.54, 1.807) is 7.05 Å². The number of hydrogen-bond acceptors (Lipinski definition) is 4. The molecule has 4 N–H and O–H groups in total. The number of anilines is 1. The highest BCUT2D eigenvalue weighted by Gasteiger charge is 1.98. The Morgan fingerprint density at radius 2 is 2.23 bits per heavy atom. The summed E-state index contributed by atoms with van der Waals surface area (Å²) in [5, 5.41) is 3.42. The van der Waals surface area contributed by atoms with Crippen LogP contribution in [0.1, 0.15) is 5.56 Å². The van der Waals surface area contributed by atoms with Crippen molar-refractivity contribution >= 4 is 17.6 Å². The second-order valence-corrected chi connectivity index (χ2v) is 2.51. The topological polar surface area (TPSA) is 76.8 Å². The van der Waals surface area contributed by atoms with Crippen molar-refractivity contribution < 1.29 is 0 Å². The number of rotatable bonds is 2. The van der Waals surface area contributed by atoms with Gasteiger partial charge < -0.3 is 11.6 Å². The number of hydrogen-bond donors (Lipinski definition) is 2. The molecule has 0 aliphatic heterocycles. The van der Waals surface area contributed by atoms with Gasteiger partial charge in [0.1, 0.15) is 0 Å². The van der Waals surface area contributed by atoms with Crippen LogP contribution in [0.3, 0.4) is 0 Å². The Labute approximate surface area is 77.0 Å². The van der Waals surface area contributed by atoms with Gasteiger partial charge in [-0.3, -0.25) is 4.99 Å². The van der Waals surface area contributed by atoms with E-state index >= 15 is 0 Å². The summed E-state index contributed by atoms with van der Waals surface area (Å²) in [6, 6.07) is 7.40. The maximum atomic E-state index is 5.62. The molecule has 0 aliphatic carbocycles. The molecular weight excluding hydrogens is 164 g/mol. The Hall–Kier alpha value is -1.84. The van der Waals surface area contributed by atoms with Crippen molar-refractivity contribution in [1.29, 1.82) is 0 Å². The van der Waals surface area contributed by atoms with Crippen LogP contribution in [0.5, 0.6) is 0 Å². The van der Waals surface area contributed by atoms with Gasteiger partial charge >= 0.3 is 0 Å². The van der Waals surface area contributed by atoms with Gasteiger partial charge in [-0.05, 0) is 12.1 Å². The largest absolute Gasteiger partial charge is 0.399 e. The number of hydrazone groups is 1. The highest BCUT2D eigenvalue weighted by atomic mass is 15.1. The van der Waals surface area contributed by atoms with E-state index in [4.69, 9.17) is 11.6 Å². The fraction of sp³-hybridized carbons (Fsp3) is 0.111. The predicted molar refractivity (Wildman–Crippen MR) is 56.0 cm³/mol. The van der Waals surface area contributed by atoms with Crippen LogP contribution in [0, 0.1) is 0 Å². The number of aliphatic imine (C=N–C) groups is 1. The number of benzene rings is 1. The van der Waals surface area contributed by atoms with Crippen molar-refractivity contribution in [3.63, 3.8) is 0 Å². The Bertz CT molecular complexity index is 341. The molecule has 4 heteroatoms. The van der Waals surface area contributed by atoms with Crippen molar-refractivity contribution in [3.05, 3.63) is 29.8 Å². The first-order valence-electron chi connectivity index (χ1n) is 3.84. The van der Waals surface area contributed by atoms with Crippen molar-refractivity contribution in [2.24, 2.45) is 15.9 Å². The van der Waals surface area contributed by atoms with E-state index in [1.807, 2.05) is 24.3 Å². The summed E-state index contributed by atoms with van der Waals surface area (Å²) in [5.74, 6) is 5.04. The maximum absolute atomic E-state index is 5.62. The minimum Gasteiger partial charge on any atom is -0.399 e. The molecule has 4 nitrogen and oxygen atoms in total. The van der Waals surface area contributed by atoms with Crippen LogP contribution in [-0.4, -0.2) is 19.0 Å². The SMILES string of the molecule is CN=C(/C=N\N)c1cccc(N)c1. The van der Waals surface area contributed by atoms with Gasteiger partial charge in [-0.25, -0.2) is 0 Å². The van der Waals surface area contributed by atoms with Gasteiger partial charge in [-0.2, -0.15) is 5.10 Å². The van der Waals surface area contributed by atoms with Crippen LogP contribution in [0.2, 0.25) is 0 Å². The van der Waals surface area contributed by atoms with Gasteiger partial charge in [0.25, 0.3) is 0 Å². The molecule has 1 aromatic carbocycles. The molecule has 68 valence electrons. The summed E-state index contributed by atoms with van der Waals surface area (Å²) in [5.41, 5.74) is 7.95. The Kier molecular flexibility index (Phi) is 3.03. The first kappa shape index (κ1) is 9.25. The molecule has 0 fully saturated rings. The van der Waals surface area contributed by atoms with E-state index in [-0.39, 0.29) is 0 Å². The average Bonchev–Trinajstić information content (AvgIpc) is 2.14. The molecule has 0 unspecified atom stereocenters. The summed E-state index contributed by atoms with van der Waals surface area (Å²) in [7, 11) is 1.68. The quantitative estimate of drug-likeness (QED) is 0.300. The van der Waals surface area contributed by atoms with E-state index in [2.05, 4.69) is 10.1 Å². The van der Waals surface area contributed by atoms with Gasteiger partial charge in [0.05, 0.1) is 11.9 Å². The van der Waals surface area contributed by atoms with Crippen LogP contribution in [0.25, 0.3) is 0 Å². The lowest BCUT2D eigenvalue weighted by Gasteiger charge is -2.00. The third kappa shape index (κ3) is 2.30. The maximum Gasteiger partial charge on any atom is 0.0844 e. The van der Waals surface area contributed by atoms with Crippen LogP contribution >= 0.6 is 0 Å². The van der Waals surface area contributed by atoms with E-state index < -0.39 is 0 Å². The standard InChI is InChI=1S/C9H12N4/c1-12-9(6-13-11)7-3-2-4-8(10)5-7/h2-6H,10-11H2,1H3/b12-9?,13-6-. The molecule has 0 amide bonds. The molecule has 1 aromatic rings. The summed E-state index contributed by atoms with van der Waals surface area (Å²) in [6.45, 7) is 0. The zero-order chi connectivity index (χ0) is 9.68. The molecule has 0 bridgehead atoms. The molecule has 0 saturated heterocycles. The second-order valence-electron chi connectivity index (χ2n) is 2.51. The number of nitrogens with two attached hydrogens (primary N) is 2. The normalized spacial score (nSPS) is 12.2. The van der Waals surface area contributed by atoms with Gasteiger partial charge in [-0.1, -0.05) is 12.1 Å². The lowest BCUT2D eigenvalue weighted by Crippen LogP contribution is -2.04. The lowest BCUT2D eigenvalue weighted by molar-refractivity contribution is 1.27. The molecule has 0 radical (unpaired) electrons. The fourth-order valence-electron chi connectivity index (χ4n) is 1.03. The molecule has 13 heavy (non-hydrogen) atoms. The number of nitrogen functional groups attached to an aromatic ring is 1.